The van der Waals surface area contributed by atoms with Crippen LogP contribution in [0.25, 0.3) is 22.3 Å². The van der Waals surface area contributed by atoms with Crippen molar-refractivity contribution < 1.29 is 0 Å². The highest BCUT2D eigenvalue weighted by molar-refractivity contribution is 9.11. The zero-order valence-corrected chi connectivity index (χ0v) is 23.4. The molecule has 0 radical (unpaired) electrons. The molecule has 4 aromatic rings. The molecule has 1 aliphatic carbocycles. The van der Waals surface area contributed by atoms with E-state index >= 15 is 0 Å². The Morgan fingerprint density at radius 2 is 0.571 bits per heavy atom. The van der Waals surface area contributed by atoms with Crippen LogP contribution in [0, 0.1) is 0 Å². The Labute approximate surface area is 212 Å². The monoisotopic (exact) mass is 692 g/mol. The predicted molar refractivity (Wildman–Crippen MR) is 142 cm³/mol. The van der Waals surface area contributed by atoms with Gasteiger partial charge in [0.1, 0.15) is 0 Å². The summed E-state index contributed by atoms with van der Waals surface area (Å²) in [5.41, 5.74) is 5.38. The van der Waals surface area contributed by atoms with Gasteiger partial charge in [0.05, 0.1) is 15.1 Å². The van der Waals surface area contributed by atoms with Crippen LogP contribution in [-0.2, 0) is 0 Å². The van der Waals surface area contributed by atoms with Crippen molar-refractivity contribution in [1.29, 1.82) is 0 Å². The molecule has 1 aliphatic rings. The van der Waals surface area contributed by atoms with Gasteiger partial charge in [0.15, 0.2) is 0 Å². The maximum Gasteiger partial charge on any atom is 0.0705 e. The molecule has 0 unspecified atom stereocenters. The van der Waals surface area contributed by atoms with Crippen molar-refractivity contribution in [3.8, 4) is 0 Å². The first-order valence-corrected chi connectivity index (χ1v) is 14.5. The molecule has 0 N–H and O–H groups in total. The molecule has 28 heavy (non-hydrogen) atoms. The zero-order chi connectivity index (χ0) is 19.4. The fourth-order valence-electron chi connectivity index (χ4n) is 3.22. The normalized spacial score (nSPS) is 14.1. The molecule has 0 aromatic carbocycles. The highest BCUT2D eigenvalue weighted by Gasteiger charge is 2.35. The summed E-state index contributed by atoms with van der Waals surface area (Å²) >= 11 is 21.7. The maximum absolute atomic E-state index is 3.64. The first-order chi connectivity index (χ1) is 13.5. The van der Waals surface area contributed by atoms with Crippen molar-refractivity contribution in [3.05, 3.63) is 83.2 Å². The predicted octanol–water partition coefficient (Wildman–Crippen LogP) is 10.5. The molecule has 0 aliphatic heterocycles. The van der Waals surface area contributed by atoms with Gasteiger partial charge in [0.2, 0.25) is 0 Å². The van der Waals surface area contributed by atoms with Crippen molar-refractivity contribution in [3.63, 3.8) is 0 Å². The van der Waals surface area contributed by atoms with Crippen LogP contribution < -0.4 is 0 Å². The second kappa shape index (κ2) is 8.04. The Kier molecular flexibility index (Phi) is 5.78. The van der Waals surface area contributed by atoms with E-state index < -0.39 is 0 Å². The van der Waals surface area contributed by atoms with Crippen LogP contribution in [0.2, 0.25) is 0 Å². The third-order valence-corrected chi connectivity index (χ3v) is 10.8. The SMILES string of the molecule is Brc1ccc(C2=C(c3ccc(Br)s3)C(c3ccc(Br)s3)=C2c2ccc(Br)s2)s1. The molecule has 8 heteroatoms. The minimum absolute atomic E-state index is 1.15. The molecular formula is C20H8Br4S4. The second-order valence-electron chi connectivity index (χ2n) is 5.92. The first-order valence-electron chi connectivity index (χ1n) is 8.03. The van der Waals surface area contributed by atoms with Crippen LogP contribution in [0.3, 0.4) is 0 Å². The largest absolute Gasteiger partial charge is 0.128 e. The summed E-state index contributed by atoms with van der Waals surface area (Å²) < 4.78 is 4.61. The van der Waals surface area contributed by atoms with E-state index in [0.717, 1.165) is 15.1 Å². The third kappa shape index (κ3) is 3.58. The highest BCUT2D eigenvalue weighted by Crippen LogP contribution is 2.60. The van der Waals surface area contributed by atoms with Gasteiger partial charge in [-0.2, -0.15) is 0 Å². The van der Waals surface area contributed by atoms with Gasteiger partial charge in [-0.1, -0.05) is 0 Å². The van der Waals surface area contributed by atoms with E-state index in [4.69, 9.17) is 0 Å². The van der Waals surface area contributed by atoms with Gasteiger partial charge in [-0.25, -0.2) is 0 Å². The van der Waals surface area contributed by atoms with Gasteiger partial charge < -0.3 is 0 Å². The molecule has 0 nitrogen and oxygen atoms in total. The van der Waals surface area contributed by atoms with Gasteiger partial charge in [-0.3, -0.25) is 0 Å². The van der Waals surface area contributed by atoms with Gasteiger partial charge in [0.25, 0.3) is 0 Å². The molecule has 5 rings (SSSR count). The van der Waals surface area contributed by atoms with Crippen LogP contribution in [0.15, 0.2) is 63.7 Å². The van der Waals surface area contributed by atoms with Gasteiger partial charge in [0, 0.05) is 41.8 Å². The lowest BCUT2D eigenvalue weighted by molar-refractivity contribution is 1.70. The van der Waals surface area contributed by atoms with Gasteiger partial charge in [-0.15, -0.1) is 45.3 Å². The molecule has 0 fully saturated rings. The lowest BCUT2D eigenvalue weighted by atomic mass is 9.77. The molecule has 0 bridgehead atoms. The summed E-state index contributed by atoms with van der Waals surface area (Å²) in [5.74, 6) is 0. The Hall–Kier alpha value is 0.200. The molecule has 4 heterocycles. The van der Waals surface area contributed by atoms with E-state index in [0.29, 0.717) is 0 Å². The van der Waals surface area contributed by atoms with Crippen LogP contribution in [0.4, 0.5) is 0 Å². The quantitative estimate of drug-likeness (QED) is 0.199. The average Bonchev–Trinajstić information content (AvgIpc) is 3.40. The third-order valence-electron chi connectivity index (χ3n) is 4.28. The smallest absolute Gasteiger partial charge is 0.0705 e. The number of hydrogen-bond acceptors (Lipinski definition) is 4. The van der Waals surface area contributed by atoms with Crippen molar-refractivity contribution in [2.24, 2.45) is 0 Å². The summed E-state index contributed by atoms with van der Waals surface area (Å²) in [5, 5.41) is 0. The number of rotatable bonds is 4. The first kappa shape index (κ1) is 20.1. The summed E-state index contributed by atoms with van der Waals surface area (Å²) in [4.78, 5) is 5.19. The molecule has 0 atom stereocenters. The summed E-state index contributed by atoms with van der Waals surface area (Å²) in [6, 6.07) is 17.4. The van der Waals surface area contributed by atoms with Crippen molar-refractivity contribution in [1.82, 2.24) is 0 Å². The minimum atomic E-state index is 1.15. The van der Waals surface area contributed by atoms with E-state index in [2.05, 4.69) is 112 Å². The molecule has 140 valence electrons. The summed E-state index contributed by atoms with van der Waals surface area (Å²) in [6.45, 7) is 0. The summed E-state index contributed by atoms with van der Waals surface area (Å²) in [7, 11) is 0. The number of thiophene rings is 4. The highest BCUT2D eigenvalue weighted by atomic mass is 79.9. The molecule has 0 saturated carbocycles. The minimum Gasteiger partial charge on any atom is -0.128 e. The Morgan fingerprint density at radius 3 is 0.714 bits per heavy atom. The molecule has 0 spiro atoms. The Morgan fingerprint density at radius 1 is 0.357 bits per heavy atom. The number of allylic oxidation sites excluding steroid dienone is 4. The van der Waals surface area contributed by atoms with Crippen LogP contribution in [0.1, 0.15) is 19.5 Å². The van der Waals surface area contributed by atoms with Gasteiger partial charge >= 0.3 is 0 Å². The standard InChI is InChI=1S/C20H8Br4S4/c21-13-5-1-9(25-13)17-18(10-2-6-14(22)26-10)20(12-4-8-16(24)28-12)19(17)11-3-7-15(23)27-11/h1-8H. The van der Waals surface area contributed by atoms with E-state index in [-0.39, 0.29) is 0 Å². The fourth-order valence-corrected chi connectivity index (χ4v) is 8.99. The lowest BCUT2D eigenvalue weighted by Crippen LogP contribution is -2.07. The van der Waals surface area contributed by atoms with E-state index in [1.807, 2.05) is 0 Å². The van der Waals surface area contributed by atoms with Crippen LogP contribution >= 0.6 is 109 Å². The maximum atomic E-state index is 3.64. The molecule has 0 saturated heterocycles. The van der Waals surface area contributed by atoms with Crippen molar-refractivity contribution in [2.45, 2.75) is 0 Å². The van der Waals surface area contributed by atoms with Crippen molar-refractivity contribution in [2.75, 3.05) is 0 Å². The lowest BCUT2D eigenvalue weighted by Gasteiger charge is -2.30. The van der Waals surface area contributed by atoms with Crippen LogP contribution in [0.5, 0.6) is 0 Å². The summed E-state index contributed by atoms with van der Waals surface area (Å²) in [6.07, 6.45) is 0. The Balaban J connectivity index is 1.79. The second-order valence-corrected chi connectivity index (χ2v) is 15.8. The van der Waals surface area contributed by atoms with E-state index in [1.165, 1.54) is 41.8 Å². The van der Waals surface area contributed by atoms with Crippen LogP contribution in [-0.4, -0.2) is 0 Å². The zero-order valence-electron chi connectivity index (χ0n) is 13.8. The molecule has 0 amide bonds. The molecular weight excluding hydrogens is 688 g/mol. The topological polar surface area (TPSA) is 0 Å². The average molecular weight is 696 g/mol. The van der Waals surface area contributed by atoms with E-state index in [1.54, 1.807) is 45.3 Å². The fraction of sp³-hybridized carbons (Fsp3) is 0. The van der Waals surface area contributed by atoms with Gasteiger partial charge in [-0.05, 0) is 112 Å². The number of halogens is 4. The van der Waals surface area contributed by atoms with E-state index in [9.17, 15) is 0 Å². The van der Waals surface area contributed by atoms with Crippen molar-refractivity contribution >= 4 is 131 Å². The number of hydrogen-bond donors (Lipinski definition) is 0. The molecule has 4 aromatic heterocycles. The Bertz CT molecular complexity index is 1060.